The van der Waals surface area contributed by atoms with Gasteiger partial charge in [-0.15, -0.1) is 0 Å². The van der Waals surface area contributed by atoms with Crippen LogP contribution < -0.4 is 0 Å². The summed E-state index contributed by atoms with van der Waals surface area (Å²) in [5.41, 5.74) is 2.21. The van der Waals surface area contributed by atoms with Gasteiger partial charge in [-0.1, -0.05) is 24.3 Å². The SMILES string of the molecule is O[C@@H](c1ccc(F)cc1)C1CCN(CCc2ccc(I)cc2)CC1. The molecule has 1 aliphatic rings. The van der Waals surface area contributed by atoms with Gasteiger partial charge in [0.2, 0.25) is 0 Å². The minimum absolute atomic E-state index is 0.253. The van der Waals surface area contributed by atoms with Crippen LogP contribution in [0.4, 0.5) is 4.39 Å². The lowest BCUT2D eigenvalue weighted by Crippen LogP contribution is -2.36. The Morgan fingerprint density at radius 2 is 1.67 bits per heavy atom. The average molecular weight is 439 g/mol. The molecule has 4 heteroatoms. The van der Waals surface area contributed by atoms with Crippen molar-refractivity contribution in [3.8, 4) is 0 Å². The van der Waals surface area contributed by atoms with Crippen LogP contribution in [0.1, 0.15) is 30.1 Å². The third kappa shape index (κ3) is 4.77. The predicted octanol–water partition coefficient (Wildman–Crippen LogP) is 4.42. The van der Waals surface area contributed by atoms with E-state index in [2.05, 4.69) is 51.8 Å². The summed E-state index contributed by atoms with van der Waals surface area (Å²) >= 11 is 2.33. The van der Waals surface area contributed by atoms with Gasteiger partial charge in [0.1, 0.15) is 5.82 Å². The smallest absolute Gasteiger partial charge is 0.123 e. The molecule has 0 saturated carbocycles. The van der Waals surface area contributed by atoms with Gasteiger partial charge < -0.3 is 10.0 Å². The number of piperidine rings is 1. The second-order valence-corrected chi connectivity index (χ2v) is 7.80. The van der Waals surface area contributed by atoms with Crippen LogP contribution in [0.25, 0.3) is 0 Å². The van der Waals surface area contributed by atoms with E-state index in [1.165, 1.54) is 21.3 Å². The van der Waals surface area contributed by atoms with Gasteiger partial charge in [0.05, 0.1) is 6.10 Å². The van der Waals surface area contributed by atoms with E-state index in [1.54, 1.807) is 12.1 Å². The molecule has 0 radical (unpaired) electrons. The standard InChI is InChI=1S/C20H23FINO/c21-18-5-3-16(4-6-18)20(24)17-10-13-23(14-11-17)12-9-15-1-7-19(22)8-2-15/h1-8,17,20,24H,9-14H2/t20-/m0/s1. The summed E-state index contributed by atoms with van der Waals surface area (Å²) in [5, 5.41) is 10.5. The Labute approximate surface area is 156 Å². The Balaban J connectivity index is 1.46. The van der Waals surface area contributed by atoms with Crippen LogP contribution >= 0.6 is 22.6 Å². The minimum atomic E-state index is -0.482. The Bertz CT molecular complexity index is 636. The van der Waals surface area contributed by atoms with E-state index < -0.39 is 6.10 Å². The highest BCUT2D eigenvalue weighted by molar-refractivity contribution is 14.1. The summed E-state index contributed by atoms with van der Waals surface area (Å²) in [6, 6.07) is 15.0. The number of aliphatic hydroxyl groups is 1. The first-order chi connectivity index (χ1) is 11.6. The molecule has 128 valence electrons. The molecule has 3 rings (SSSR count). The van der Waals surface area contributed by atoms with Crippen molar-refractivity contribution in [2.24, 2.45) is 5.92 Å². The van der Waals surface area contributed by atoms with Crippen LogP contribution in [-0.2, 0) is 6.42 Å². The number of likely N-dealkylation sites (tertiary alicyclic amines) is 1. The molecule has 1 fully saturated rings. The predicted molar refractivity (Wildman–Crippen MR) is 103 cm³/mol. The molecule has 1 N–H and O–H groups in total. The molecule has 2 nitrogen and oxygen atoms in total. The number of hydrogen-bond acceptors (Lipinski definition) is 2. The number of benzene rings is 2. The maximum absolute atomic E-state index is 13.0. The van der Waals surface area contributed by atoms with Crippen molar-refractivity contribution in [3.63, 3.8) is 0 Å². The first kappa shape index (κ1) is 17.8. The van der Waals surface area contributed by atoms with Crippen LogP contribution in [0.2, 0.25) is 0 Å². The zero-order valence-electron chi connectivity index (χ0n) is 13.7. The molecule has 1 saturated heterocycles. The summed E-state index contributed by atoms with van der Waals surface area (Å²) < 4.78 is 14.3. The zero-order valence-corrected chi connectivity index (χ0v) is 15.8. The third-order valence-electron chi connectivity index (χ3n) is 4.92. The van der Waals surface area contributed by atoms with E-state index in [9.17, 15) is 9.50 Å². The van der Waals surface area contributed by atoms with E-state index in [4.69, 9.17) is 0 Å². The zero-order chi connectivity index (χ0) is 16.9. The summed E-state index contributed by atoms with van der Waals surface area (Å²) in [6.45, 7) is 3.11. The molecule has 0 aromatic heterocycles. The van der Waals surface area contributed by atoms with Gasteiger partial charge in [0.15, 0.2) is 0 Å². The van der Waals surface area contributed by atoms with Crippen LogP contribution in [0.15, 0.2) is 48.5 Å². The molecule has 0 unspecified atom stereocenters. The van der Waals surface area contributed by atoms with E-state index in [0.717, 1.165) is 44.5 Å². The molecule has 0 spiro atoms. The highest BCUT2D eigenvalue weighted by Crippen LogP contribution is 2.30. The molecule has 0 bridgehead atoms. The van der Waals surface area contributed by atoms with Crippen LogP contribution in [0.3, 0.4) is 0 Å². The molecule has 1 heterocycles. The Morgan fingerprint density at radius 1 is 1.04 bits per heavy atom. The maximum Gasteiger partial charge on any atom is 0.123 e. The van der Waals surface area contributed by atoms with Crippen molar-refractivity contribution in [2.75, 3.05) is 19.6 Å². The van der Waals surface area contributed by atoms with Gasteiger partial charge in [0.25, 0.3) is 0 Å². The molecule has 24 heavy (non-hydrogen) atoms. The van der Waals surface area contributed by atoms with Crippen molar-refractivity contribution in [1.82, 2.24) is 4.90 Å². The monoisotopic (exact) mass is 439 g/mol. The van der Waals surface area contributed by atoms with Gasteiger partial charge in [0, 0.05) is 10.1 Å². The second-order valence-electron chi connectivity index (χ2n) is 6.55. The van der Waals surface area contributed by atoms with Gasteiger partial charge in [-0.25, -0.2) is 4.39 Å². The van der Waals surface area contributed by atoms with Gasteiger partial charge >= 0.3 is 0 Å². The Kier molecular flexibility index (Phi) is 6.25. The Morgan fingerprint density at radius 3 is 2.29 bits per heavy atom. The topological polar surface area (TPSA) is 23.5 Å². The molecule has 0 amide bonds. The molecule has 0 aliphatic carbocycles. The van der Waals surface area contributed by atoms with Crippen LogP contribution in [-0.4, -0.2) is 29.6 Å². The summed E-state index contributed by atoms with van der Waals surface area (Å²) in [7, 11) is 0. The number of hydrogen-bond donors (Lipinski definition) is 1. The number of aliphatic hydroxyl groups excluding tert-OH is 1. The lowest BCUT2D eigenvalue weighted by Gasteiger charge is -2.34. The van der Waals surface area contributed by atoms with Gasteiger partial charge in [-0.2, -0.15) is 0 Å². The van der Waals surface area contributed by atoms with E-state index >= 15 is 0 Å². The molecular formula is C20H23FINO. The average Bonchev–Trinajstić information content (AvgIpc) is 2.62. The summed E-state index contributed by atoms with van der Waals surface area (Å²) in [4.78, 5) is 2.48. The minimum Gasteiger partial charge on any atom is -0.388 e. The molecule has 2 aromatic carbocycles. The fraction of sp³-hybridized carbons (Fsp3) is 0.400. The van der Waals surface area contributed by atoms with Gasteiger partial charge in [-0.05, 0) is 96.3 Å². The maximum atomic E-state index is 13.0. The van der Waals surface area contributed by atoms with Crippen molar-refractivity contribution in [1.29, 1.82) is 0 Å². The van der Waals surface area contributed by atoms with Crippen molar-refractivity contribution < 1.29 is 9.50 Å². The Hall–Kier alpha value is -0.980. The highest BCUT2D eigenvalue weighted by atomic mass is 127. The summed E-state index contributed by atoms with van der Waals surface area (Å²) in [5.74, 6) is 0.0152. The van der Waals surface area contributed by atoms with E-state index in [1.807, 2.05) is 0 Å². The lowest BCUT2D eigenvalue weighted by atomic mass is 9.87. The second kappa shape index (κ2) is 8.41. The van der Waals surface area contributed by atoms with Crippen LogP contribution in [0.5, 0.6) is 0 Å². The normalized spacial score (nSPS) is 17.8. The van der Waals surface area contributed by atoms with E-state index in [-0.39, 0.29) is 11.7 Å². The highest BCUT2D eigenvalue weighted by Gasteiger charge is 2.26. The molecule has 1 aliphatic heterocycles. The number of rotatable bonds is 5. The molecule has 2 aromatic rings. The lowest BCUT2D eigenvalue weighted by molar-refractivity contribution is 0.0592. The van der Waals surface area contributed by atoms with Crippen LogP contribution in [0, 0.1) is 15.3 Å². The molecule has 1 atom stereocenters. The van der Waals surface area contributed by atoms with Crippen molar-refractivity contribution in [3.05, 3.63) is 69.0 Å². The number of halogens is 2. The fourth-order valence-corrected chi connectivity index (χ4v) is 3.72. The quantitative estimate of drug-likeness (QED) is 0.698. The summed E-state index contributed by atoms with van der Waals surface area (Å²) in [6.07, 6.45) is 2.57. The van der Waals surface area contributed by atoms with Crippen molar-refractivity contribution in [2.45, 2.75) is 25.4 Å². The first-order valence-electron chi connectivity index (χ1n) is 8.52. The van der Waals surface area contributed by atoms with E-state index in [0.29, 0.717) is 0 Å². The van der Waals surface area contributed by atoms with Gasteiger partial charge in [-0.3, -0.25) is 0 Å². The first-order valence-corrected chi connectivity index (χ1v) is 9.60. The fourth-order valence-electron chi connectivity index (χ4n) is 3.36. The van der Waals surface area contributed by atoms with Crippen molar-refractivity contribution >= 4 is 22.6 Å². The number of nitrogens with zero attached hydrogens (tertiary/aromatic N) is 1. The third-order valence-corrected chi connectivity index (χ3v) is 5.64. The molecular weight excluding hydrogens is 416 g/mol. The largest absolute Gasteiger partial charge is 0.388 e.